The topological polar surface area (TPSA) is 78.4 Å². The lowest BCUT2D eigenvalue weighted by Gasteiger charge is -2.01. The van der Waals surface area contributed by atoms with Gasteiger partial charge in [0.2, 0.25) is 5.91 Å². The molecule has 74 valence electrons. The van der Waals surface area contributed by atoms with Crippen molar-refractivity contribution >= 4 is 11.9 Å². The third kappa shape index (κ3) is 10.6. The number of rotatable bonds is 6. The van der Waals surface area contributed by atoms with Gasteiger partial charge in [0.15, 0.2) is 0 Å². The minimum Gasteiger partial charge on any atom is -0.478 e. The monoisotopic (exact) mass is 186 g/mol. The van der Waals surface area contributed by atoms with Crippen LogP contribution in [0.2, 0.25) is 0 Å². The van der Waals surface area contributed by atoms with E-state index in [4.69, 9.17) is 5.11 Å². The second-order valence-corrected chi connectivity index (χ2v) is 2.43. The molecule has 0 unspecified atom stereocenters. The van der Waals surface area contributed by atoms with E-state index in [1.165, 1.54) is 13.0 Å². The van der Waals surface area contributed by atoms with Crippen molar-refractivity contribution in [3.63, 3.8) is 0 Å². The minimum atomic E-state index is -0.955. The maximum absolute atomic E-state index is 10.4. The molecule has 5 heteroatoms. The van der Waals surface area contributed by atoms with Gasteiger partial charge < -0.3 is 15.7 Å². The van der Waals surface area contributed by atoms with Crippen LogP contribution in [-0.2, 0) is 9.59 Å². The normalized spacial score (nSPS) is 10.2. The Hall–Kier alpha value is -1.36. The maximum Gasteiger partial charge on any atom is 0.328 e. The van der Waals surface area contributed by atoms with Crippen LogP contribution in [0.25, 0.3) is 0 Å². The van der Waals surface area contributed by atoms with Crippen LogP contribution in [0.4, 0.5) is 0 Å². The molecule has 0 spiro atoms. The van der Waals surface area contributed by atoms with Crippen LogP contribution in [-0.4, -0.2) is 36.6 Å². The lowest BCUT2D eigenvalue weighted by Crippen LogP contribution is -2.30. The highest BCUT2D eigenvalue weighted by atomic mass is 16.4. The number of nitrogens with one attached hydrogen (secondary N) is 2. The molecule has 0 fully saturated rings. The van der Waals surface area contributed by atoms with Gasteiger partial charge in [-0.2, -0.15) is 0 Å². The lowest BCUT2D eigenvalue weighted by molar-refractivity contribution is -0.131. The molecule has 0 aromatic rings. The van der Waals surface area contributed by atoms with E-state index in [0.29, 0.717) is 19.6 Å². The van der Waals surface area contributed by atoms with E-state index in [2.05, 4.69) is 10.6 Å². The number of carbonyl (C=O) groups is 2. The van der Waals surface area contributed by atoms with Crippen molar-refractivity contribution in [3.05, 3.63) is 12.2 Å². The zero-order chi connectivity index (χ0) is 10.1. The van der Waals surface area contributed by atoms with E-state index >= 15 is 0 Å². The van der Waals surface area contributed by atoms with Crippen molar-refractivity contribution < 1.29 is 14.7 Å². The molecule has 0 saturated heterocycles. The smallest absolute Gasteiger partial charge is 0.328 e. The lowest BCUT2D eigenvalue weighted by atomic mass is 10.5. The molecule has 13 heavy (non-hydrogen) atoms. The quantitative estimate of drug-likeness (QED) is 0.380. The van der Waals surface area contributed by atoms with Crippen molar-refractivity contribution in [3.8, 4) is 0 Å². The molecule has 0 atom stereocenters. The molecule has 0 aliphatic carbocycles. The molecule has 5 nitrogen and oxygen atoms in total. The highest BCUT2D eigenvalue weighted by Crippen LogP contribution is 1.70. The summed E-state index contributed by atoms with van der Waals surface area (Å²) in [6.45, 7) is 3.12. The van der Waals surface area contributed by atoms with E-state index in [0.717, 1.165) is 6.08 Å². The summed E-state index contributed by atoms with van der Waals surface area (Å²) in [5, 5.41) is 13.8. The van der Waals surface area contributed by atoms with E-state index in [1.54, 1.807) is 0 Å². The van der Waals surface area contributed by atoms with Gasteiger partial charge >= 0.3 is 5.97 Å². The first-order valence-electron chi connectivity index (χ1n) is 3.97. The molecule has 0 heterocycles. The third-order valence-corrected chi connectivity index (χ3v) is 1.20. The van der Waals surface area contributed by atoms with Crippen molar-refractivity contribution in [2.45, 2.75) is 6.92 Å². The molecule has 0 aliphatic rings. The molecule has 0 bridgehead atoms. The number of amides is 1. The van der Waals surface area contributed by atoms with E-state index in [-0.39, 0.29) is 5.91 Å². The summed E-state index contributed by atoms with van der Waals surface area (Å²) >= 11 is 0. The fourth-order valence-corrected chi connectivity index (χ4v) is 0.672. The predicted octanol–water partition coefficient (Wildman–Crippen LogP) is -0.647. The number of hydrogen-bond acceptors (Lipinski definition) is 3. The Morgan fingerprint density at radius 1 is 1.38 bits per heavy atom. The van der Waals surface area contributed by atoms with E-state index in [1.807, 2.05) is 0 Å². The summed E-state index contributed by atoms with van der Waals surface area (Å²) in [5.41, 5.74) is 0. The SMILES string of the molecule is CC(=O)NCCNC/C=C/C(=O)O. The molecular formula is C8H14N2O3. The molecule has 0 aromatic heterocycles. The summed E-state index contributed by atoms with van der Waals surface area (Å²) < 4.78 is 0. The van der Waals surface area contributed by atoms with Gasteiger partial charge in [0, 0.05) is 32.6 Å². The fraction of sp³-hybridized carbons (Fsp3) is 0.500. The second kappa shape index (κ2) is 7.30. The number of carbonyl (C=O) groups excluding carboxylic acids is 1. The average molecular weight is 186 g/mol. The Labute approximate surface area is 76.8 Å². The highest BCUT2D eigenvalue weighted by Gasteiger charge is 1.88. The Morgan fingerprint density at radius 2 is 2.08 bits per heavy atom. The minimum absolute atomic E-state index is 0.0668. The highest BCUT2D eigenvalue weighted by molar-refractivity contribution is 5.79. The maximum atomic E-state index is 10.4. The second-order valence-electron chi connectivity index (χ2n) is 2.43. The number of carboxylic acid groups (broad SMARTS) is 1. The van der Waals surface area contributed by atoms with Crippen LogP contribution in [0.15, 0.2) is 12.2 Å². The van der Waals surface area contributed by atoms with Crippen molar-refractivity contribution in [2.75, 3.05) is 19.6 Å². The molecule has 0 radical (unpaired) electrons. The van der Waals surface area contributed by atoms with Crippen molar-refractivity contribution in [1.29, 1.82) is 0 Å². The number of carboxylic acids is 1. The van der Waals surface area contributed by atoms with Crippen LogP contribution < -0.4 is 10.6 Å². The molecular weight excluding hydrogens is 172 g/mol. The van der Waals surface area contributed by atoms with Crippen molar-refractivity contribution in [2.24, 2.45) is 0 Å². The first kappa shape index (κ1) is 11.6. The van der Waals surface area contributed by atoms with Crippen LogP contribution in [0.1, 0.15) is 6.92 Å². The van der Waals surface area contributed by atoms with E-state index < -0.39 is 5.97 Å². The summed E-state index contributed by atoms with van der Waals surface area (Å²) in [6, 6.07) is 0. The van der Waals surface area contributed by atoms with Crippen molar-refractivity contribution in [1.82, 2.24) is 10.6 Å². The van der Waals surface area contributed by atoms with Gasteiger partial charge in [0.05, 0.1) is 0 Å². The Bertz CT molecular complexity index is 202. The van der Waals surface area contributed by atoms with Gasteiger partial charge in [-0.05, 0) is 0 Å². The summed E-state index contributed by atoms with van der Waals surface area (Å²) in [4.78, 5) is 20.4. The van der Waals surface area contributed by atoms with E-state index in [9.17, 15) is 9.59 Å². The average Bonchev–Trinajstić information content (AvgIpc) is 2.01. The van der Waals surface area contributed by atoms with Crippen LogP contribution >= 0.6 is 0 Å². The third-order valence-electron chi connectivity index (χ3n) is 1.20. The summed E-state index contributed by atoms with van der Waals surface area (Å²) in [5.74, 6) is -1.02. The zero-order valence-electron chi connectivity index (χ0n) is 7.54. The largest absolute Gasteiger partial charge is 0.478 e. The molecule has 0 aliphatic heterocycles. The standard InChI is InChI=1S/C8H14N2O3/c1-7(11)10-6-5-9-4-2-3-8(12)13/h2-3,9H,4-6H2,1H3,(H,10,11)(H,12,13)/b3-2+. The Kier molecular flexibility index (Phi) is 6.53. The van der Waals surface area contributed by atoms with Crippen LogP contribution in [0, 0.1) is 0 Å². The Morgan fingerprint density at radius 3 is 2.62 bits per heavy atom. The first-order valence-corrected chi connectivity index (χ1v) is 3.97. The van der Waals surface area contributed by atoms with Crippen LogP contribution in [0.5, 0.6) is 0 Å². The molecule has 0 saturated carbocycles. The summed E-state index contributed by atoms with van der Waals surface area (Å²) in [6.07, 6.45) is 2.58. The first-order chi connectivity index (χ1) is 6.13. The molecule has 1 amide bonds. The van der Waals surface area contributed by atoms with Gasteiger partial charge in [0.1, 0.15) is 0 Å². The van der Waals surface area contributed by atoms with Crippen LogP contribution in [0.3, 0.4) is 0 Å². The van der Waals surface area contributed by atoms with Gasteiger partial charge in [-0.15, -0.1) is 0 Å². The zero-order valence-corrected chi connectivity index (χ0v) is 7.54. The Balaban J connectivity index is 3.17. The summed E-state index contributed by atoms with van der Waals surface area (Å²) in [7, 11) is 0. The van der Waals surface area contributed by atoms with Gasteiger partial charge in [0.25, 0.3) is 0 Å². The fourth-order valence-electron chi connectivity index (χ4n) is 0.672. The molecule has 0 rings (SSSR count). The van der Waals surface area contributed by atoms with Gasteiger partial charge in [-0.3, -0.25) is 4.79 Å². The van der Waals surface area contributed by atoms with Gasteiger partial charge in [-0.25, -0.2) is 4.79 Å². The predicted molar refractivity (Wildman–Crippen MR) is 48.3 cm³/mol. The number of aliphatic carboxylic acids is 1. The molecule has 0 aromatic carbocycles. The van der Waals surface area contributed by atoms with Gasteiger partial charge in [-0.1, -0.05) is 6.08 Å². The number of hydrogen-bond donors (Lipinski definition) is 3. The molecule has 3 N–H and O–H groups in total.